The number of likely N-dealkylation sites (N-methyl/N-ethyl adjacent to an activating group) is 1. The van der Waals surface area contributed by atoms with Gasteiger partial charge in [0.1, 0.15) is 0 Å². The number of nitrogens with one attached hydrogen (secondary N) is 1. The molecule has 128 valence electrons. The molecular formula is C17H26ClN3O2. The maximum Gasteiger partial charge on any atom is 0.254 e. The van der Waals surface area contributed by atoms with Crippen molar-refractivity contribution >= 4 is 24.2 Å². The first-order valence-corrected chi connectivity index (χ1v) is 7.83. The van der Waals surface area contributed by atoms with Gasteiger partial charge >= 0.3 is 0 Å². The minimum absolute atomic E-state index is 0. The van der Waals surface area contributed by atoms with Crippen LogP contribution in [0.15, 0.2) is 24.3 Å². The molecule has 1 aliphatic rings. The van der Waals surface area contributed by atoms with Gasteiger partial charge in [-0.3, -0.25) is 9.59 Å². The molecular weight excluding hydrogens is 314 g/mol. The van der Waals surface area contributed by atoms with Crippen LogP contribution in [0.3, 0.4) is 0 Å². The fourth-order valence-electron chi connectivity index (χ4n) is 2.52. The van der Waals surface area contributed by atoms with Crippen LogP contribution in [0.5, 0.6) is 0 Å². The Morgan fingerprint density at radius 3 is 2.26 bits per heavy atom. The molecule has 0 atom stereocenters. The maximum atomic E-state index is 12.4. The predicted molar refractivity (Wildman–Crippen MR) is 94.2 cm³/mol. The summed E-state index contributed by atoms with van der Waals surface area (Å²) in [5.74, 6) is 0.339. The van der Waals surface area contributed by atoms with Gasteiger partial charge in [-0.25, -0.2) is 0 Å². The van der Waals surface area contributed by atoms with Crippen LogP contribution in [-0.2, 0) is 4.79 Å². The Morgan fingerprint density at radius 1 is 1.17 bits per heavy atom. The molecule has 1 saturated heterocycles. The van der Waals surface area contributed by atoms with E-state index < -0.39 is 0 Å². The number of amides is 2. The quantitative estimate of drug-likeness (QED) is 0.909. The van der Waals surface area contributed by atoms with Crippen molar-refractivity contribution in [3.63, 3.8) is 0 Å². The van der Waals surface area contributed by atoms with Crippen molar-refractivity contribution < 1.29 is 9.59 Å². The van der Waals surface area contributed by atoms with Gasteiger partial charge in [-0.2, -0.15) is 0 Å². The van der Waals surface area contributed by atoms with E-state index in [1.807, 2.05) is 29.2 Å². The van der Waals surface area contributed by atoms with Gasteiger partial charge in [-0.1, -0.05) is 26.0 Å². The third kappa shape index (κ3) is 5.22. The lowest BCUT2D eigenvalue weighted by molar-refractivity contribution is -0.132. The number of nitrogens with zero attached hydrogens (tertiary/aromatic N) is 2. The van der Waals surface area contributed by atoms with Gasteiger partial charge < -0.3 is 15.1 Å². The zero-order chi connectivity index (χ0) is 16.1. The lowest BCUT2D eigenvalue weighted by Gasteiger charge is -2.29. The number of piperazine rings is 1. The molecule has 1 fully saturated rings. The molecule has 0 bridgehead atoms. The second-order valence-electron chi connectivity index (χ2n) is 6.07. The van der Waals surface area contributed by atoms with Crippen LogP contribution >= 0.6 is 12.4 Å². The average molecular weight is 340 g/mol. The van der Waals surface area contributed by atoms with Crippen molar-refractivity contribution in [2.24, 2.45) is 0 Å². The lowest BCUT2D eigenvalue weighted by Crippen LogP contribution is -2.49. The highest BCUT2D eigenvalue weighted by Crippen LogP contribution is 2.15. The van der Waals surface area contributed by atoms with Gasteiger partial charge in [0.2, 0.25) is 5.91 Å². The van der Waals surface area contributed by atoms with E-state index in [0.29, 0.717) is 24.6 Å². The van der Waals surface area contributed by atoms with Crippen LogP contribution in [0.25, 0.3) is 0 Å². The van der Waals surface area contributed by atoms with Crippen molar-refractivity contribution in [2.45, 2.75) is 19.8 Å². The van der Waals surface area contributed by atoms with Gasteiger partial charge in [0.15, 0.2) is 0 Å². The number of hydrogen-bond donors (Lipinski definition) is 1. The fraction of sp³-hybridized carbons (Fsp3) is 0.529. The predicted octanol–water partition coefficient (Wildman–Crippen LogP) is 1.74. The SMILES string of the molecule is CC(C)c1ccc(C(=O)N(C)CC(=O)N2CCNCC2)cc1.Cl. The van der Waals surface area contributed by atoms with Crippen molar-refractivity contribution in [1.82, 2.24) is 15.1 Å². The summed E-state index contributed by atoms with van der Waals surface area (Å²) in [7, 11) is 1.68. The Kier molecular flexibility index (Phi) is 7.52. The van der Waals surface area contributed by atoms with E-state index in [0.717, 1.165) is 13.1 Å². The van der Waals surface area contributed by atoms with Gasteiger partial charge in [-0.15, -0.1) is 12.4 Å². The van der Waals surface area contributed by atoms with Gasteiger partial charge in [0.25, 0.3) is 5.91 Å². The smallest absolute Gasteiger partial charge is 0.254 e. The molecule has 1 N–H and O–H groups in total. The topological polar surface area (TPSA) is 52.7 Å². The first-order valence-electron chi connectivity index (χ1n) is 7.83. The highest BCUT2D eigenvalue weighted by molar-refractivity contribution is 5.96. The summed E-state index contributed by atoms with van der Waals surface area (Å²) in [6.45, 7) is 7.43. The molecule has 0 spiro atoms. The standard InChI is InChI=1S/C17H25N3O2.ClH/c1-13(2)14-4-6-15(7-5-14)17(22)19(3)12-16(21)20-10-8-18-9-11-20;/h4-7,13,18H,8-12H2,1-3H3;1H. The molecule has 0 radical (unpaired) electrons. The molecule has 0 unspecified atom stereocenters. The fourth-order valence-corrected chi connectivity index (χ4v) is 2.52. The third-order valence-corrected chi connectivity index (χ3v) is 4.01. The number of hydrogen-bond acceptors (Lipinski definition) is 3. The van der Waals surface area contributed by atoms with Crippen LogP contribution < -0.4 is 5.32 Å². The molecule has 1 aromatic carbocycles. The Bertz CT molecular complexity index is 525. The summed E-state index contributed by atoms with van der Waals surface area (Å²) in [4.78, 5) is 27.9. The monoisotopic (exact) mass is 339 g/mol. The highest BCUT2D eigenvalue weighted by atomic mass is 35.5. The molecule has 2 rings (SSSR count). The first-order chi connectivity index (χ1) is 10.5. The van der Waals surface area contributed by atoms with E-state index >= 15 is 0 Å². The number of carbonyl (C=O) groups excluding carboxylic acids is 2. The normalized spacial score (nSPS) is 14.3. The van der Waals surface area contributed by atoms with E-state index in [-0.39, 0.29) is 30.8 Å². The number of halogens is 1. The van der Waals surface area contributed by atoms with Crippen molar-refractivity contribution in [2.75, 3.05) is 39.8 Å². The number of rotatable bonds is 4. The summed E-state index contributed by atoms with van der Waals surface area (Å²) in [6.07, 6.45) is 0. The van der Waals surface area contributed by atoms with E-state index in [1.54, 1.807) is 7.05 Å². The maximum absolute atomic E-state index is 12.4. The van der Waals surface area contributed by atoms with E-state index in [1.165, 1.54) is 10.5 Å². The summed E-state index contributed by atoms with van der Waals surface area (Å²) < 4.78 is 0. The molecule has 6 heteroatoms. The summed E-state index contributed by atoms with van der Waals surface area (Å²) in [5.41, 5.74) is 1.83. The Morgan fingerprint density at radius 2 is 1.74 bits per heavy atom. The highest BCUT2D eigenvalue weighted by Gasteiger charge is 2.20. The van der Waals surface area contributed by atoms with Crippen molar-refractivity contribution in [1.29, 1.82) is 0 Å². The van der Waals surface area contributed by atoms with Crippen LogP contribution in [0, 0.1) is 0 Å². The second kappa shape index (κ2) is 8.89. The van der Waals surface area contributed by atoms with Crippen molar-refractivity contribution in [3.8, 4) is 0 Å². The van der Waals surface area contributed by atoms with Crippen LogP contribution in [0.4, 0.5) is 0 Å². The van der Waals surface area contributed by atoms with E-state index in [2.05, 4.69) is 19.2 Å². The molecule has 1 aliphatic heterocycles. The minimum atomic E-state index is -0.112. The lowest BCUT2D eigenvalue weighted by atomic mass is 10.0. The molecule has 1 heterocycles. The molecule has 0 aliphatic carbocycles. The zero-order valence-corrected chi connectivity index (χ0v) is 14.9. The van der Waals surface area contributed by atoms with Gasteiger partial charge in [-0.05, 0) is 23.6 Å². The Hall–Kier alpha value is -1.59. The van der Waals surface area contributed by atoms with Crippen LogP contribution in [0.1, 0.15) is 35.7 Å². The summed E-state index contributed by atoms with van der Waals surface area (Å²) >= 11 is 0. The van der Waals surface area contributed by atoms with Crippen LogP contribution in [-0.4, -0.2) is 61.4 Å². The molecule has 2 amide bonds. The minimum Gasteiger partial charge on any atom is -0.339 e. The van der Waals surface area contributed by atoms with Gasteiger partial charge in [0, 0.05) is 38.8 Å². The third-order valence-electron chi connectivity index (χ3n) is 4.01. The number of carbonyl (C=O) groups is 2. The molecule has 0 saturated carbocycles. The first kappa shape index (κ1) is 19.5. The van der Waals surface area contributed by atoms with E-state index in [9.17, 15) is 9.59 Å². The molecule has 5 nitrogen and oxygen atoms in total. The van der Waals surface area contributed by atoms with Crippen LogP contribution in [0.2, 0.25) is 0 Å². The molecule has 23 heavy (non-hydrogen) atoms. The molecule has 0 aromatic heterocycles. The summed E-state index contributed by atoms with van der Waals surface area (Å²) in [5, 5.41) is 3.21. The Labute approximate surface area is 144 Å². The average Bonchev–Trinajstić information content (AvgIpc) is 2.55. The van der Waals surface area contributed by atoms with E-state index in [4.69, 9.17) is 0 Å². The van der Waals surface area contributed by atoms with Gasteiger partial charge in [0.05, 0.1) is 6.54 Å². The summed E-state index contributed by atoms with van der Waals surface area (Å²) in [6, 6.07) is 7.63. The zero-order valence-electron chi connectivity index (χ0n) is 14.0. The van der Waals surface area contributed by atoms with Crippen molar-refractivity contribution in [3.05, 3.63) is 35.4 Å². The second-order valence-corrected chi connectivity index (χ2v) is 6.07. The number of benzene rings is 1. The molecule has 1 aromatic rings. The Balaban J connectivity index is 0.00000264. The largest absolute Gasteiger partial charge is 0.339 e.